The normalized spacial score (nSPS) is 24.0. The molecule has 4 rings (SSSR count). The lowest BCUT2D eigenvalue weighted by Gasteiger charge is -2.42. The molecule has 146 valence electrons. The number of rotatable bonds is 6. The fourth-order valence-corrected chi connectivity index (χ4v) is 4.64. The van der Waals surface area contributed by atoms with Crippen LogP contribution in [0.25, 0.3) is 10.9 Å². The number of aliphatic hydroxyl groups is 1. The number of hydrogen-bond donors (Lipinski definition) is 2. The number of fused-ring (bicyclic) bond motifs is 1. The van der Waals surface area contributed by atoms with E-state index in [0.717, 1.165) is 30.7 Å². The fourth-order valence-electron chi connectivity index (χ4n) is 4.64. The quantitative estimate of drug-likeness (QED) is 0.823. The number of aromatic nitrogens is 1. The molecule has 0 spiro atoms. The summed E-state index contributed by atoms with van der Waals surface area (Å²) in [5, 5.41) is 12.4. The van der Waals surface area contributed by atoms with Crippen molar-refractivity contribution < 1.29 is 9.90 Å². The SMILES string of the molecule is Cc1c(CN(C)C[C@@]2(O)CCCN(CC3CCC3)C2=O)[nH]c2ccccc12. The molecule has 2 aromatic rings. The van der Waals surface area contributed by atoms with Gasteiger partial charge in [0.1, 0.15) is 0 Å². The van der Waals surface area contributed by atoms with Crippen molar-refractivity contribution in [2.24, 2.45) is 5.92 Å². The number of aromatic amines is 1. The number of amides is 1. The van der Waals surface area contributed by atoms with Crippen molar-refractivity contribution in [3.05, 3.63) is 35.5 Å². The van der Waals surface area contributed by atoms with Crippen molar-refractivity contribution in [3.63, 3.8) is 0 Å². The first-order chi connectivity index (χ1) is 13.0. The lowest BCUT2D eigenvalue weighted by atomic mass is 9.83. The molecule has 1 aliphatic carbocycles. The fraction of sp³-hybridized carbons (Fsp3) is 0.591. The molecule has 5 heteroatoms. The summed E-state index contributed by atoms with van der Waals surface area (Å²) in [5.41, 5.74) is 2.27. The Kier molecular flexibility index (Phi) is 4.99. The average Bonchev–Trinajstić information content (AvgIpc) is 2.91. The van der Waals surface area contributed by atoms with Crippen molar-refractivity contribution in [3.8, 4) is 0 Å². The first-order valence-electron chi connectivity index (χ1n) is 10.2. The molecule has 0 bridgehead atoms. The van der Waals surface area contributed by atoms with Gasteiger partial charge in [0.2, 0.25) is 0 Å². The molecular weight excluding hydrogens is 338 g/mol. The van der Waals surface area contributed by atoms with Gasteiger partial charge < -0.3 is 15.0 Å². The van der Waals surface area contributed by atoms with Crippen molar-refractivity contribution in [2.75, 3.05) is 26.7 Å². The number of hydrogen-bond acceptors (Lipinski definition) is 3. The monoisotopic (exact) mass is 369 g/mol. The number of likely N-dealkylation sites (tertiary alicyclic amines) is 1. The summed E-state index contributed by atoms with van der Waals surface area (Å²) in [6, 6.07) is 8.30. The van der Waals surface area contributed by atoms with Crippen LogP contribution in [0.1, 0.15) is 43.4 Å². The van der Waals surface area contributed by atoms with Crippen LogP contribution in [-0.4, -0.2) is 58.1 Å². The number of para-hydroxylation sites is 1. The van der Waals surface area contributed by atoms with E-state index in [4.69, 9.17) is 0 Å². The van der Waals surface area contributed by atoms with Crippen LogP contribution in [0.5, 0.6) is 0 Å². The second kappa shape index (κ2) is 7.28. The van der Waals surface area contributed by atoms with E-state index in [-0.39, 0.29) is 5.91 Å². The Hall–Kier alpha value is -1.85. The topological polar surface area (TPSA) is 59.6 Å². The van der Waals surface area contributed by atoms with Gasteiger partial charge in [-0.1, -0.05) is 24.6 Å². The van der Waals surface area contributed by atoms with Gasteiger partial charge in [0.05, 0.1) is 0 Å². The Morgan fingerprint density at radius 3 is 2.78 bits per heavy atom. The van der Waals surface area contributed by atoms with Crippen LogP contribution in [0.4, 0.5) is 0 Å². The molecule has 1 saturated carbocycles. The minimum atomic E-state index is -1.25. The third kappa shape index (κ3) is 3.63. The molecule has 0 unspecified atom stereocenters. The van der Waals surface area contributed by atoms with E-state index in [1.54, 1.807) is 0 Å². The molecule has 1 saturated heterocycles. The molecule has 2 aliphatic rings. The molecule has 2 N–H and O–H groups in total. The van der Waals surface area contributed by atoms with Gasteiger partial charge in [0.25, 0.3) is 5.91 Å². The molecule has 2 heterocycles. The zero-order chi connectivity index (χ0) is 19.0. The molecule has 1 aromatic heterocycles. The summed E-state index contributed by atoms with van der Waals surface area (Å²) < 4.78 is 0. The number of aryl methyl sites for hydroxylation is 1. The zero-order valence-corrected chi connectivity index (χ0v) is 16.5. The predicted molar refractivity (Wildman–Crippen MR) is 107 cm³/mol. The van der Waals surface area contributed by atoms with Gasteiger partial charge in [-0.2, -0.15) is 0 Å². The number of piperidine rings is 1. The predicted octanol–water partition coefficient (Wildman–Crippen LogP) is 3.06. The molecule has 1 aromatic carbocycles. The standard InChI is InChI=1S/C22H31N3O2/c1-16-18-9-3-4-10-19(18)23-20(16)14-24(2)15-22(27)11-6-12-25(21(22)26)13-17-7-5-8-17/h3-4,9-10,17,23,27H,5-8,11-15H2,1-2H3/t22-/m0/s1. The highest BCUT2D eigenvalue weighted by Crippen LogP contribution is 2.31. The highest BCUT2D eigenvalue weighted by molar-refractivity contribution is 5.86. The lowest BCUT2D eigenvalue weighted by molar-refractivity contribution is -0.160. The van der Waals surface area contributed by atoms with Crippen LogP contribution >= 0.6 is 0 Å². The molecule has 1 atom stereocenters. The Balaban J connectivity index is 1.43. The minimum Gasteiger partial charge on any atom is -0.379 e. The Bertz CT molecular complexity index is 826. The summed E-state index contributed by atoms with van der Waals surface area (Å²) >= 11 is 0. The molecule has 2 fully saturated rings. The number of nitrogens with zero attached hydrogens (tertiary/aromatic N) is 2. The average molecular weight is 370 g/mol. The lowest BCUT2D eigenvalue weighted by Crippen LogP contribution is -2.59. The first-order valence-corrected chi connectivity index (χ1v) is 10.2. The van der Waals surface area contributed by atoms with Crippen LogP contribution < -0.4 is 0 Å². The number of benzene rings is 1. The molecule has 5 nitrogen and oxygen atoms in total. The van der Waals surface area contributed by atoms with E-state index in [0.29, 0.717) is 25.4 Å². The summed E-state index contributed by atoms with van der Waals surface area (Å²) in [6.45, 7) is 4.82. The van der Waals surface area contributed by atoms with Crippen molar-refractivity contribution in [1.82, 2.24) is 14.8 Å². The second-order valence-corrected chi connectivity index (χ2v) is 8.63. The zero-order valence-electron chi connectivity index (χ0n) is 16.5. The van der Waals surface area contributed by atoms with Gasteiger partial charge in [-0.25, -0.2) is 0 Å². The van der Waals surface area contributed by atoms with Crippen LogP contribution in [-0.2, 0) is 11.3 Å². The molecular formula is C22H31N3O2. The van der Waals surface area contributed by atoms with Crippen LogP contribution in [0.3, 0.4) is 0 Å². The Morgan fingerprint density at radius 2 is 2.07 bits per heavy atom. The van der Waals surface area contributed by atoms with Crippen LogP contribution in [0, 0.1) is 12.8 Å². The second-order valence-electron chi connectivity index (χ2n) is 8.63. The number of nitrogens with one attached hydrogen (secondary N) is 1. The molecule has 0 radical (unpaired) electrons. The van der Waals surface area contributed by atoms with Crippen molar-refractivity contribution in [1.29, 1.82) is 0 Å². The van der Waals surface area contributed by atoms with Gasteiger partial charge in [-0.05, 0) is 57.2 Å². The summed E-state index contributed by atoms with van der Waals surface area (Å²) in [7, 11) is 1.99. The number of carbonyl (C=O) groups excluding carboxylic acids is 1. The number of carbonyl (C=O) groups is 1. The van der Waals surface area contributed by atoms with E-state index >= 15 is 0 Å². The molecule has 27 heavy (non-hydrogen) atoms. The number of likely N-dealkylation sites (N-methyl/N-ethyl adjacent to an activating group) is 1. The third-order valence-corrected chi connectivity index (χ3v) is 6.44. The number of H-pyrrole nitrogens is 1. The summed E-state index contributed by atoms with van der Waals surface area (Å²) in [4.78, 5) is 20.4. The molecule has 1 amide bonds. The molecule has 1 aliphatic heterocycles. The Morgan fingerprint density at radius 1 is 1.30 bits per heavy atom. The van der Waals surface area contributed by atoms with Crippen LogP contribution in [0.15, 0.2) is 24.3 Å². The largest absolute Gasteiger partial charge is 0.379 e. The van der Waals surface area contributed by atoms with Crippen molar-refractivity contribution >= 4 is 16.8 Å². The van der Waals surface area contributed by atoms with Crippen molar-refractivity contribution in [2.45, 2.75) is 51.2 Å². The van der Waals surface area contributed by atoms with Gasteiger partial charge in [0.15, 0.2) is 5.60 Å². The highest BCUT2D eigenvalue weighted by atomic mass is 16.3. The van der Waals surface area contributed by atoms with Gasteiger partial charge in [-0.15, -0.1) is 0 Å². The Labute approximate surface area is 161 Å². The smallest absolute Gasteiger partial charge is 0.255 e. The minimum absolute atomic E-state index is 0.0686. The third-order valence-electron chi connectivity index (χ3n) is 6.44. The summed E-state index contributed by atoms with van der Waals surface area (Å²) in [5.74, 6) is 0.573. The van der Waals surface area contributed by atoms with Gasteiger partial charge >= 0.3 is 0 Å². The van der Waals surface area contributed by atoms with E-state index in [9.17, 15) is 9.90 Å². The van der Waals surface area contributed by atoms with Gasteiger partial charge in [0, 0.05) is 42.8 Å². The van der Waals surface area contributed by atoms with E-state index in [1.807, 2.05) is 18.0 Å². The maximum Gasteiger partial charge on any atom is 0.255 e. The van der Waals surface area contributed by atoms with Crippen LogP contribution in [0.2, 0.25) is 0 Å². The highest BCUT2D eigenvalue weighted by Gasteiger charge is 2.43. The maximum atomic E-state index is 13.0. The maximum absolute atomic E-state index is 13.0. The van der Waals surface area contributed by atoms with Gasteiger partial charge in [-0.3, -0.25) is 9.69 Å². The first kappa shape index (κ1) is 18.5. The van der Waals surface area contributed by atoms with E-state index in [2.05, 4.69) is 35.0 Å². The van der Waals surface area contributed by atoms with E-state index < -0.39 is 5.60 Å². The summed E-state index contributed by atoms with van der Waals surface area (Å²) in [6.07, 6.45) is 5.17. The van der Waals surface area contributed by atoms with E-state index in [1.165, 1.54) is 30.2 Å².